The Morgan fingerprint density at radius 2 is 0.593 bits per heavy atom. The maximum Gasteiger partial charge on any atom is 0.305 e. The second-order valence-corrected chi connectivity index (χ2v) is 25.3. The van der Waals surface area contributed by atoms with Crippen molar-refractivity contribution in [2.75, 3.05) is 13.2 Å². The molecule has 0 aromatic heterocycles. The highest BCUT2D eigenvalue weighted by Crippen LogP contribution is 2.19. The summed E-state index contributed by atoms with van der Waals surface area (Å²) in [6.07, 6.45) is 91.1. The number of unbranched alkanes of at least 4 members (excludes halogenated alkanes) is 54. The molecule has 0 bridgehead atoms. The summed E-state index contributed by atoms with van der Waals surface area (Å²) in [4.78, 5) is 24.5. The number of carbonyl (C=O) groups is 2. The van der Waals surface area contributed by atoms with E-state index in [0.717, 1.165) is 44.9 Å². The smallest absolute Gasteiger partial charge is 0.305 e. The molecule has 0 saturated carbocycles. The van der Waals surface area contributed by atoms with Crippen molar-refractivity contribution in [1.29, 1.82) is 0 Å². The Bertz CT molecular complexity index is 1310. The zero-order valence-corrected chi connectivity index (χ0v) is 54.8. The van der Waals surface area contributed by atoms with Crippen LogP contribution in [0.5, 0.6) is 0 Å². The molecular weight excluding hydrogens is 995 g/mol. The predicted octanol–water partition coefficient (Wildman–Crippen LogP) is 23.9. The van der Waals surface area contributed by atoms with E-state index in [-0.39, 0.29) is 18.5 Å². The van der Waals surface area contributed by atoms with E-state index in [1.807, 2.05) is 6.08 Å². The van der Waals surface area contributed by atoms with Gasteiger partial charge in [0.25, 0.3) is 0 Å². The van der Waals surface area contributed by atoms with Crippen LogP contribution in [-0.4, -0.2) is 47.4 Å². The minimum atomic E-state index is -0.842. The summed E-state index contributed by atoms with van der Waals surface area (Å²) in [5.74, 6) is -0.0519. The number of hydrogen-bond donors (Lipinski definition) is 3. The molecule has 0 aromatic carbocycles. The minimum Gasteiger partial charge on any atom is -0.466 e. The third-order valence-electron chi connectivity index (χ3n) is 17.1. The van der Waals surface area contributed by atoms with Crippen molar-refractivity contribution in [3.8, 4) is 0 Å². The van der Waals surface area contributed by atoms with Gasteiger partial charge in [-0.3, -0.25) is 9.59 Å². The van der Waals surface area contributed by atoms with Gasteiger partial charge >= 0.3 is 5.97 Å². The van der Waals surface area contributed by atoms with Gasteiger partial charge in [0.15, 0.2) is 0 Å². The molecule has 1 amide bonds. The van der Waals surface area contributed by atoms with Crippen molar-refractivity contribution in [1.82, 2.24) is 5.32 Å². The van der Waals surface area contributed by atoms with E-state index in [2.05, 4.69) is 43.5 Å². The van der Waals surface area contributed by atoms with Crippen molar-refractivity contribution < 1.29 is 24.5 Å². The molecule has 0 heterocycles. The van der Waals surface area contributed by atoms with Crippen LogP contribution in [0.15, 0.2) is 36.5 Å². The second kappa shape index (κ2) is 70.6. The van der Waals surface area contributed by atoms with Crippen LogP contribution >= 0.6 is 0 Å². The quantitative estimate of drug-likeness (QED) is 0.0320. The van der Waals surface area contributed by atoms with Gasteiger partial charge in [-0.1, -0.05) is 352 Å². The van der Waals surface area contributed by atoms with Gasteiger partial charge in [0.1, 0.15) is 0 Å². The largest absolute Gasteiger partial charge is 0.466 e. The maximum absolute atomic E-state index is 12.5. The zero-order valence-electron chi connectivity index (χ0n) is 54.8. The number of esters is 1. The molecule has 0 aliphatic carbocycles. The van der Waals surface area contributed by atoms with Gasteiger partial charge in [-0.2, -0.15) is 0 Å². The fraction of sp³-hybridized carbons (Fsp3) is 0.893. The molecular formula is C75H143NO5. The summed E-state index contributed by atoms with van der Waals surface area (Å²) in [5.41, 5.74) is 0. The fourth-order valence-corrected chi connectivity index (χ4v) is 11.5. The van der Waals surface area contributed by atoms with Gasteiger partial charge < -0.3 is 20.3 Å². The average molecular weight is 1140 g/mol. The van der Waals surface area contributed by atoms with E-state index in [1.165, 1.54) is 334 Å². The molecule has 2 unspecified atom stereocenters. The highest BCUT2D eigenvalue weighted by atomic mass is 16.5. The predicted molar refractivity (Wildman–Crippen MR) is 356 cm³/mol. The van der Waals surface area contributed by atoms with Crippen molar-refractivity contribution >= 4 is 11.9 Å². The van der Waals surface area contributed by atoms with E-state index in [1.54, 1.807) is 6.08 Å². The SMILES string of the molecule is CCCC/C=C\CCCCCCCC(=O)OCCCCCCCCCCCCCCCC/C=C\CCCCCCCCCCCCCCCCCCCC(=O)NC(CO)C(O)/C=C/CCCCCCCCCCCCCCCCCC. The number of rotatable bonds is 69. The Morgan fingerprint density at radius 3 is 0.914 bits per heavy atom. The first-order valence-corrected chi connectivity index (χ1v) is 36.8. The maximum atomic E-state index is 12.5. The summed E-state index contributed by atoms with van der Waals surface area (Å²) >= 11 is 0. The molecule has 478 valence electrons. The highest BCUT2D eigenvalue weighted by molar-refractivity contribution is 5.76. The van der Waals surface area contributed by atoms with Crippen molar-refractivity contribution in [2.24, 2.45) is 0 Å². The molecule has 0 aliphatic rings. The first-order chi connectivity index (χ1) is 40.0. The fourth-order valence-electron chi connectivity index (χ4n) is 11.5. The number of aliphatic hydroxyl groups is 2. The summed E-state index contributed by atoms with van der Waals surface area (Å²) in [7, 11) is 0. The first kappa shape index (κ1) is 79.1. The Morgan fingerprint density at radius 1 is 0.333 bits per heavy atom. The molecule has 2 atom stereocenters. The molecule has 0 spiro atoms. The topological polar surface area (TPSA) is 95.9 Å². The lowest BCUT2D eigenvalue weighted by Crippen LogP contribution is -2.45. The first-order valence-electron chi connectivity index (χ1n) is 36.8. The third-order valence-corrected chi connectivity index (χ3v) is 17.1. The van der Waals surface area contributed by atoms with Gasteiger partial charge in [0.2, 0.25) is 5.91 Å². The van der Waals surface area contributed by atoms with Crippen LogP contribution in [0.25, 0.3) is 0 Å². The standard InChI is InChI=1S/C75H143NO5/c1-3-5-7-9-11-13-15-16-17-18-38-41-44-48-51-55-59-63-67-73(78)72(71-77)76-74(79)68-64-60-56-52-49-45-42-39-36-34-32-30-28-26-24-22-20-19-21-23-25-27-29-31-33-35-37-40-43-46-50-54-58-62-66-70-81-75(80)69-65-61-57-53-47-14-12-10-8-6-4-2/h10,12,21,23,63,67,72-73,77-78H,3-9,11,13-20,22,24-62,64-66,68-71H2,1-2H3,(H,76,79)/b12-10-,23-21-,67-63+. The highest BCUT2D eigenvalue weighted by Gasteiger charge is 2.18. The Hall–Kier alpha value is -1.92. The number of allylic oxidation sites excluding steroid dienone is 5. The van der Waals surface area contributed by atoms with Gasteiger partial charge in [-0.05, 0) is 77.0 Å². The number of carbonyl (C=O) groups excluding carboxylic acids is 2. The van der Waals surface area contributed by atoms with Gasteiger partial charge in [-0.15, -0.1) is 0 Å². The number of hydrogen-bond acceptors (Lipinski definition) is 5. The van der Waals surface area contributed by atoms with E-state index < -0.39 is 12.1 Å². The molecule has 0 rings (SSSR count). The van der Waals surface area contributed by atoms with Gasteiger partial charge in [-0.25, -0.2) is 0 Å². The third kappa shape index (κ3) is 67.1. The lowest BCUT2D eigenvalue weighted by molar-refractivity contribution is -0.143. The minimum absolute atomic E-state index is 0.00913. The summed E-state index contributed by atoms with van der Waals surface area (Å²) in [6, 6.07) is -0.626. The van der Waals surface area contributed by atoms with Crippen molar-refractivity contribution in [2.45, 2.75) is 418 Å². The molecule has 0 aromatic rings. The van der Waals surface area contributed by atoms with Gasteiger partial charge in [0.05, 0.1) is 25.4 Å². The van der Waals surface area contributed by atoms with Crippen molar-refractivity contribution in [3.05, 3.63) is 36.5 Å². The van der Waals surface area contributed by atoms with Crippen LogP contribution in [0.1, 0.15) is 406 Å². The van der Waals surface area contributed by atoms with E-state index >= 15 is 0 Å². The van der Waals surface area contributed by atoms with Crippen LogP contribution in [0, 0.1) is 0 Å². The molecule has 81 heavy (non-hydrogen) atoms. The van der Waals surface area contributed by atoms with Crippen molar-refractivity contribution in [3.63, 3.8) is 0 Å². The van der Waals surface area contributed by atoms with Gasteiger partial charge in [0, 0.05) is 12.8 Å². The second-order valence-electron chi connectivity index (χ2n) is 25.3. The number of amides is 1. The number of nitrogens with one attached hydrogen (secondary N) is 1. The normalized spacial score (nSPS) is 12.7. The number of aliphatic hydroxyl groups excluding tert-OH is 2. The molecule has 0 radical (unpaired) electrons. The van der Waals surface area contributed by atoms with Crippen LogP contribution in [0.4, 0.5) is 0 Å². The van der Waals surface area contributed by atoms with E-state index in [0.29, 0.717) is 19.4 Å². The summed E-state index contributed by atoms with van der Waals surface area (Å²) in [6.45, 7) is 4.90. The molecule has 6 heteroatoms. The Labute approximate surface area is 506 Å². The molecule has 3 N–H and O–H groups in total. The van der Waals surface area contributed by atoms with Crippen LogP contribution in [-0.2, 0) is 14.3 Å². The lowest BCUT2D eigenvalue weighted by atomic mass is 10.0. The van der Waals surface area contributed by atoms with Crippen LogP contribution in [0.3, 0.4) is 0 Å². The monoisotopic (exact) mass is 1140 g/mol. The molecule has 0 aliphatic heterocycles. The average Bonchev–Trinajstić information content (AvgIpc) is 3.47. The van der Waals surface area contributed by atoms with E-state index in [4.69, 9.17) is 4.74 Å². The van der Waals surface area contributed by atoms with Crippen LogP contribution < -0.4 is 5.32 Å². The summed E-state index contributed by atoms with van der Waals surface area (Å²) in [5, 5.41) is 23.2. The van der Waals surface area contributed by atoms with E-state index in [9.17, 15) is 19.8 Å². The summed E-state index contributed by atoms with van der Waals surface area (Å²) < 4.78 is 5.47. The Balaban J connectivity index is 3.36. The zero-order chi connectivity index (χ0) is 58.5. The Kier molecular flexibility index (Phi) is 68.9. The molecule has 6 nitrogen and oxygen atoms in total. The molecule has 0 fully saturated rings. The van der Waals surface area contributed by atoms with Crippen LogP contribution in [0.2, 0.25) is 0 Å². The number of ether oxygens (including phenoxy) is 1. The lowest BCUT2D eigenvalue weighted by Gasteiger charge is -2.20. The molecule has 0 saturated heterocycles.